The van der Waals surface area contributed by atoms with Crippen molar-refractivity contribution >= 4 is 26.2 Å². The maximum Gasteiger partial charge on any atom is 0.388 e. The lowest BCUT2D eigenvalue weighted by Gasteiger charge is -2.22. The first-order valence-electron chi connectivity index (χ1n) is 8.97. The molecule has 5 heteroatoms. The van der Waals surface area contributed by atoms with Crippen molar-refractivity contribution in [2.75, 3.05) is 19.0 Å². The molecule has 0 bridgehead atoms. The fourth-order valence-corrected chi connectivity index (χ4v) is 5.53. The van der Waals surface area contributed by atoms with Gasteiger partial charge in [-0.25, -0.2) is 0 Å². The summed E-state index contributed by atoms with van der Waals surface area (Å²) in [5.74, 6) is 0.908. The van der Waals surface area contributed by atoms with Crippen LogP contribution in [0.4, 0.5) is 0 Å². The van der Waals surface area contributed by atoms with Crippen molar-refractivity contribution < 1.29 is 13.6 Å². The molecule has 0 aromatic heterocycles. The van der Waals surface area contributed by atoms with Gasteiger partial charge in [0.1, 0.15) is 0 Å². The molecule has 131 valence electrons. The van der Waals surface area contributed by atoms with E-state index in [9.17, 15) is 4.79 Å². The summed E-state index contributed by atoms with van der Waals surface area (Å²) >= 11 is 1.51. The first kappa shape index (κ1) is 22.2. The van der Waals surface area contributed by atoms with Crippen molar-refractivity contribution in [3.63, 3.8) is 0 Å². The van der Waals surface area contributed by atoms with Gasteiger partial charge in [-0.2, -0.15) is 0 Å². The molecule has 0 fully saturated rings. The monoisotopic (exact) mass is 347 g/mol. The minimum Gasteiger partial charge on any atom is -0.393 e. The number of carbonyl (C=O) groups excluding carboxylic acids is 1. The summed E-state index contributed by atoms with van der Waals surface area (Å²) in [6, 6.07) is 0. The van der Waals surface area contributed by atoms with Gasteiger partial charge in [-0.1, -0.05) is 51.3 Å². The number of thioether (sulfide) groups is 1. The third-order valence-electron chi connectivity index (χ3n) is 3.51. The van der Waals surface area contributed by atoms with E-state index in [1.807, 2.05) is 13.8 Å². The van der Waals surface area contributed by atoms with Gasteiger partial charge < -0.3 is 8.85 Å². The fraction of sp³-hybridized carbons (Fsp3) is 0.941. The minimum absolute atomic E-state index is 0.355. The Labute approximate surface area is 143 Å². The van der Waals surface area contributed by atoms with Crippen LogP contribution in [0.3, 0.4) is 0 Å². The number of rotatable bonds is 15. The third kappa shape index (κ3) is 11.7. The standard InChI is InChI=1S/C17H35O3SSi/c1-5-9-10-11-13-17(18)21-15-14-16(12-6-2)22(19-7-3)20-8-4/h16H,5-15H2,1-4H3. The van der Waals surface area contributed by atoms with E-state index < -0.39 is 9.28 Å². The van der Waals surface area contributed by atoms with Gasteiger partial charge >= 0.3 is 9.28 Å². The molecular weight excluding hydrogens is 312 g/mol. The van der Waals surface area contributed by atoms with Crippen LogP contribution in [0.2, 0.25) is 5.54 Å². The molecule has 0 amide bonds. The Balaban J connectivity index is 4.04. The van der Waals surface area contributed by atoms with Gasteiger partial charge in [0.2, 0.25) is 0 Å². The van der Waals surface area contributed by atoms with Crippen molar-refractivity contribution in [3.05, 3.63) is 0 Å². The highest BCUT2D eigenvalue weighted by molar-refractivity contribution is 8.13. The van der Waals surface area contributed by atoms with Crippen molar-refractivity contribution in [2.45, 2.75) is 84.6 Å². The van der Waals surface area contributed by atoms with Crippen LogP contribution >= 0.6 is 11.8 Å². The molecule has 0 aliphatic rings. The highest BCUT2D eigenvalue weighted by atomic mass is 32.2. The molecule has 0 aliphatic heterocycles. The van der Waals surface area contributed by atoms with Gasteiger partial charge in [0.15, 0.2) is 5.12 Å². The molecule has 0 rings (SSSR count). The quantitative estimate of drug-likeness (QED) is 0.296. The summed E-state index contributed by atoms with van der Waals surface area (Å²) in [7, 11) is -1.19. The van der Waals surface area contributed by atoms with Crippen LogP contribution in [0.25, 0.3) is 0 Å². The van der Waals surface area contributed by atoms with Crippen molar-refractivity contribution in [3.8, 4) is 0 Å². The molecule has 1 atom stereocenters. The van der Waals surface area contributed by atoms with Crippen LogP contribution in [-0.4, -0.2) is 33.4 Å². The highest BCUT2D eigenvalue weighted by Gasteiger charge is 2.27. The van der Waals surface area contributed by atoms with Crippen LogP contribution in [0.15, 0.2) is 0 Å². The molecule has 0 saturated heterocycles. The Kier molecular flexibility index (Phi) is 16.1. The zero-order chi connectivity index (χ0) is 16.6. The molecule has 3 nitrogen and oxygen atoms in total. The van der Waals surface area contributed by atoms with E-state index in [4.69, 9.17) is 8.85 Å². The minimum atomic E-state index is -1.19. The molecule has 0 aromatic rings. The zero-order valence-corrected chi connectivity index (χ0v) is 16.8. The van der Waals surface area contributed by atoms with Crippen molar-refractivity contribution in [1.82, 2.24) is 0 Å². The SMILES string of the molecule is CCCCCCC(=O)SCCC(CCC)[Si](OCC)OCC. The Hall–Kier alpha value is 0.157. The van der Waals surface area contributed by atoms with Crippen molar-refractivity contribution in [1.29, 1.82) is 0 Å². The van der Waals surface area contributed by atoms with Crippen LogP contribution in [0, 0.1) is 0 Å². The number of hydrogen-bond donors (Lipinski definition) is 0. The maximum atomic E-state index is 11.9. The van der Waals surface area contributed by atoms with Gasteiger partial charge in [0.05, 0.1) is 0 Å². The van der Waals surface area contributed by atoms with E-state index in [0.717, 1.165) is 51.1 Å². The lowest BCUT2D eigenvalue weighted by molar-refractivity contribution is -0.111. The molecule has 0 aromatic carbocycles. The van der Waals surface area contributed by atoms with E-state index in [-0.39, 0.29) is 0 Å². The number of unbranched alkanes of at least 4 members (excludes halogenated alkanes) is 3. The van der Waals surface area contributed by atoms with E-state index in [1.54, 1.807) is 0 Å². The summed E-state index contributed by atoms with van der Waals surface area (Å²) in [6.07, 6.45) is 8.75. The zero-order valence-electron chi connectivity index (χ0n) is 15.0. The Morgan fingerprint density at radius 1 is 0.955 bits per heavy atom. The molecule has 22 heavy (non-hydrogen) atoms. The highest BCUT2D eigenvalue weighted by Crippen LogP contribution is 2.26. The average molecular weight is 348 g/mol. The fourth-order valence-electron chi connectivity index (χ4n) is 2.37. The summed E-state index contributed by atoms with van der Waals surface area (Å²) in [5, 5.41) is 0.355. The first-order valence-corrected chi connectivity index (χ1v) is 11.3. The Morgan fingerprint density at radius 2 is 1.64 bits per heavy atom. The van der Waals surface area contributed by atoms with E-state index >= 15 is 0 Å². The van der Waals surface area contributed by atoms with E-state index in [0.29, 0.717) is 10.7 Å². The number of carbonyl (C=O) groups is 1. The summed E-state index contributed by atoms with van der Waals surface area (Å²) in [5.41, 5.74) is 0.496. The van der Waals surface area contributed by atoms with Crippen LogP contribution in [0.1, 0.15) is 79.1 Å². The molecule has 0 saturated carbocycles. The van der Waals surface area contributed by atoms with Crippen LogP contribution in [0.5, 0.6) is 0 Å². The Morgan fingerprint density at radius 3 is 2.18 bits per heavy atom. The first-order chi connectivity index (χ1) is 10.7. The average Bonchev–Trinajstić information content (AvgIpc) is 2.50. The second-order valence-corrected chi connectivity index (χ2v) is 8.67. The third-order valence-corrected chi connectivity index (χ3v) is 6.86. The van der Waals surface area contributed by atoms with Gasteiger partial charge in [0.25, 0.3) is 0 Å². The molecular formula is C17H35O3SSi. The number of hydrogen-bond acceptors (Lipinski definition) is 4. The predicted octanol–water partition coefficient (Wildman–Crippen LogP) is 5.34. The molecule has 0 N–H and O–H groups in total. The molecule has 1 radical (unpaired) electrons. The van der Waals surface area contributed by atoms with Gasteiger partial charge in [0, 0.05) is 30.9 Å². The van der Waals surface area contributed by atoms with Crippen LogP contribution in [-0.2, 0) is 13.6 Å². The smallest absolute Gasteiger partial charge is 0.388 e. The van der Waals surface area contributed by atoms with Crippen molar-refractivity contribution in [2.24, 2.45) is 0 Å². The van der Waals surface area contributed by atoms with Crippen LogP contribution < -0.4 is 0 Å². The molecule has 0 spiro atoms. The summed E-state index contributed by atoms with van der Waals surface area (Å²) < 4.78 is 11.7. The lowest BCUT2D eigenvalue weighted by atomic mass is 10.2. The second-order valence-electron chi connectivity index (χ2n) is 5.49. The molecule has 0 heterocycles. The lowest BCUT2D eigenvalue weighted by Crippen LogP contribution is -2.29. The second kappa shape index (κ2) is 16.0. The summed E-state index contributed by atoms with van der Waals surface area (Å²) in [6.45, 7) is 9.90. The van der Waals surface area contributed by atoms with E-state index in [2.05, 4.69) is 13.8 Å². The van der Waals surface area contributed by atoms with E-state index in [1.165, 1.54) is 31.0 Å². The van der Waals surface area contributed by atoms with Gasteiger partial charge in [-0.05, 0) is 33.1 Å². The summed E-state index contributed by atoms with van der Waals surface area (Å²) in [4.78, 5) is 11.9. The van der Waals surface area contributed by atoms with Gasteiger partial charge in [-0.15, -0.1) is 0 Å². The van der Waals surface area contributed by atoms with Gasteiger partial charge in [-0.3, -0.25) is 4.79 Å². The molecule has 1 unspecified atom stereocenters. The maximum absolute atomic E-state index is 11.9. The molecule has 0 aliphatic carbocycles. The Bertz CT molecular complexity index is 258. The normalized spacial score (nSPS) is 12.8. The topological polar surface area (TPSA) is 35.5 Å². The predicted molar refractivity (Wildman–Crippen MR) is 98.5 cm³/mol. The largest absolute Gasteiger partial charge is 0.393 e.